The van der Waals surface area contributed by atoms with Crippen LogP contribution in [0.5, 0.6) is 0 Å². The number of benzene rings is 1. The smallest absolute Gasteiger partial charge is 0.123 e. The third kappa shape index (κ3) is 2.80. The second kappa shape index (κ2) is 5.09. The summed E-state index contributed by atoms with van der Waals surface area (Å²) in [6.07, 6.45) is 1.87. The van der Waals surface area contributed by atoms with Crippen molar-refractivity contribution in [2.24, 2.45) is 5.92 Å². The van der Waals surface area contributed by atoms with Crippen LogP contribution in [-0.2, 0) is 6.54 Å². The van der Waals surface area contributed by atoms with Crippen molar-refractivity contribution < 1.29 is 4.39 Å². The van der Waals surface area contributed by atoms with Gasteiger partial charge in [-0.25, -0.2) is 4.39 Å². The fourth-order valence-electron chi connectivity index (χ4n) is 2.11. The van der Waals surface area contributed by atoms with E-state index < -0.39 is 0 Å². The summed E-state index contributed by atoms with van der Waals surface area (Å²) in [6.45, 7) is 2.67. The summed E-state index contributed by atoms with van der Waals surface area (Å²) < 4.78 is 13.0. The molecule has 1 heterocycles. The zero-order chi connectivity index (χ0) is 11.4. The molecular weight excluding hydrogens is 203 g/mol. The van der Waals surface area contributed by atoms with E-state index in [0.717, 1.165) is 38.0 Å². The number of rotatable bonds is 2. The average Bonchev–Trinajstić information content (AvgIpc) is 2.30. The van der Waals surface area contributed by atoms with Crippen LogP contribution in [0.3, 0.4) is 0 Å². The van der Waals surface area contributed by atoms with E-state index >= 15 is 0 Å². The van der Waals surface area contributed by atoms with E-state index in [4.69, 9.17) is 5.26 Å². The Hall–Kier alpha value is -1.40. The predicted molar refractivity (Wildman–Crippen MR) is 60.0 cm³/mol. The Morgan fingerprint density at radius 1 is 1.38 bits per heavy atom. The second-order valence-electron chi connectivity index (χ2n) is 4.31. The molecule has 1 aromatic carbocycles. The SMILES string of the molecule is N#CC1CCN(Cc2cccc(F)c2)CC1. The molecule has 0 aromatic heterocycles. The van der Waals surface area contributed by atoms with Gasteiger partial charge in [0, 0.05) is 12.5 Å². The maximum Gasteiger partial charge on any atom is 0.123 e. The zero-order valence-electron chi connectivity index (χ0n) is 9.19. The van der Waals surface area contributed by atoms with Gasteiger partial charge in [-0.2, -0.15) is 5.26 Å². The molecule has 2 nitrogen and oxygen atoms in total. The first-order chi connectivity index (χ1) is 7.78. The molecular formula is C13H15FN2. The monoisotopic (exact) mass is 218 g/mol. The molecule has 0 amide bonds. The normalized spacial score (nSPS) is 18.2. The van der Waals surface area contributed by atoms with E-state index in [-0.39, 0.29) is 11.7 Å². The molecule has 16 heavy (non-hydrogen) atoms. The number of hydrogen-bond donors (Lipinski definition) is 0. The van der Waals surface area contributed by atoms with Gasteiger partial charge in [0.2, 0.25) is 0 Å². The van der Waals surface area contributed by atoms with Crippen LogP contribution in [0.15, 0.2) is 24.3 Å². The van der Waals surface area contributed by atoms with Crippen molar-refractivity contribution in [3.05, 3.63) is 35.6 Å². The number of piperidine rings is 1. The summed E-state index contributed by atoms with van der Waals surface area (Å²) in [5.74, 6) is 0.0353. The lowest BCUT2D eigenvalue weighted by Gasteiger charge is -2.28. The summed E-state index contributed by atoms with van der Waals surface area (Å²) in [4.78, 5) is 2.28. The number of nitrogens with zero attached hydrogens (tertiary/aromatic N) is 2. The summed E-state index contributed by atoms with van der Waals surface area (Å²) >= 11 is 0. The molecule has 0 unspecified atom stereocenters. The standard InChI is InChI=1S/C13H15FN2/c14-13-3-1-2-12(8-13)10-16-6-4-11(9-15)5-7-16/h1-3,8,11H,4-7,10H2. The van der Waals surface area contributed by atoms with Gasteiger partial charge in [-0.05, 0) is 43.6 Å². The molecule has 3 heteroatoms. The molecule has 1 fully saturated rings. The van der Waals surface area contributed by atoms with Crippen LogP contribution >= 0.6 is 0 Å². The van der Waals surface area contributed by atoms with E-state index in [9.17, 15) is 4.39 Å². The molecule has 1 saturated heterocycles. The van der Waals surface area contributed by atoms with Crippen molar-refractivity contribution >= 4 is 0 Å². The van der Waals surface area contributed by atoms with E-state index in [1.807, 2.05) is 6.07 Å². The van der Waals surface area contributed by atoms with Crippen LogP contribution in [0.2, 0.25) is 0 Å². The Balaban J connectivity index is 1.90. The number of hydrogen-bond acceptors (Lipinski definition) is 2. The van der Waals surface area contributed by atoms with Crippen molar-refractivity contribution in [1.82, 2.24) is 4.90 Å². The number of nitriles is 1. The quantitative estimate of drug-likeness (QED) is 0.762. The minimum atomic E-state index is -0.176. The van der Waals surface area contributed by atoms with Gasteiger partial charge in [0.15, 0.2) is 0 Å². The van der Waals surface area contributed by atoms with Crippen LogP contribution in [-0.4, -0.2) is 18.0 Å². The van der Waals surface area contributed by atoms with Crippen LogP contribution in [0.4, 0.5) is 4.39 Å². The van der Waals surface area contributed by atoms with Crippen molar-refractivity contribution in [2.45, 2.75) is 19.4 Å². The van der Waals surface area contributed by atoms with Crippen LogP contribution in [0.25, 0.3) is 0 Å². The first kappa shape index (κ1) is 11.1. The van der Waals surface area contributed by atoms with Gasteiger partial charge in [-0.1, -0.05) is 12.1 Å². The number of likely N-dealkylation sites (tertiary alicyclic amines) is 1. The van der Waals surface area contributed by atoms with Gasteiger partial charge in [0.05, 0.1) is 6.07 Å². The molecule has 84 valence electrons. The Kier molecular flexibility index (Phi) is 3.53. The molecule has 0 bridgehead atoms. The van der Waals surface area contributed by atoms with Crippen LogP contribution < -0.4 is 0 Å². The van der Waals surface area contributed by atoms with E-state index in [2.05, 4.69) is 11.0 Å². The predicted octanol–water partition coefficient (Wildman–Crippen LogP) is 2.56. The molecule has 0 N–H and O–H groups in total. The number of halogens is 1. The zero-order valence-corrected chi connectivity index (χ0v) is 9.19. The van der Waals surface area contributed by atoms with Gasteiger partial charge in [-0.3, -0.25) is 4.90 Å². The third-order valence-corrected chi connectivity index (χ3v) is 3.07. The van der Waals surface area contributed by atoms with E-state index in [0.29, 0.717) is 0 Å². The highest BCUT2D eigenvalue weighted by atomic mass is 19.1. The topological polar surface area (TPSA) is 27.0 Å². The van der Waals surface area contributed by atoms with Crippen LogP contribution in [0, 0.1) is 23.1 Å². The van der Waals surface area contributed by atoms with Crippen molar-refractivity contribution in [3.63, 3.8) is 0 Å². The maximum atomic E-state index is 13.0. The Morgan fingerprint density at radius 2 is 2.12 bits per heavy atom. The lowest BCUT2D eigenvalue weighted by Crippen LogP contribution is -2.32. The highest BCUT2D eigenvalue weighted by Gasteiger charge is 2.18. The Morgan fingerprint density at radius 3 is 2.75 bits per heavy atom. The molecule has 1 aromatic rings. The summed E-state index contributed by atoms with van der Waals surface area (Å²) in [5, 5.41) is 8.79. The molecule has 2 rings (SSSR count). The summed E-state index contributed by atoms with van der Waals surface area (Å²) in [6, 6.07) is 9.04. The molecule has 0 spiro atoms. The summed E-state index contributed by atoms with van der Waals surface area (Å²) in [5.41, 5.74) is 1.01. The fraction of sp³-hybridized carbons (Fsp3) is 0.462. The van der Waals surface area contributed by atoms with Gasteiger partial charge in [-0.15, -0.1) is 0 Å². The first-order valence-electron chi connectivity index (χ1n) is 5.64. The molecule has 0 atom stereocenters. The van der Waals surface area contributed by atoms with Gasteiger partial charge in [0.25, 0.3) is 0 Å². The maximum absolute atomic E-state index is 13.0. The largest absolute Gasteiger partial charge is 0.299 e. The Bertz CT molecular complexity index is 389. The van der Waals surface area contributed by atoms with Crippen molar-refractivity contribution in [3.8, 4) is 6.07 Å². The van der Waals surface area contributed by atoms with Crippen molar-refractivity contribution in [2.75, 3.05) is 13.1 Å². The van der Waals surface area contributed by atoms with E-state index in [1.165, 1.54) is 6.07 Å². The molecule has 0 saturated carbocycles. The van der Waals surface area contributed by atoms with Gasteiger partial charge >= 0.3 is 0 Å². The minimum absolute atomic E-state index is 0.176. The minimum Gasteiger partial charge on any atom is -0.299 e. The lowest BCUT2D eigenvalue weighted by atomic mass is 9.98. The van der Waals surface area contributed by atoms with Gasteiger partial charge < -0.3 is 0 Å². The lowest BCUT2D eigenvalue weighted by molar-refractivity contribution is 0.198. The molecule has 0 radical (unpaired) electrons. The summed E-state index contributed by atoms with van der Waals surface area (Å²) in [7, 11) is 0. The first-order valence-corrected chi connectivity index (χ1v) is 5.64. The highest BCUT2D eigenvalue weighted by Crippen LogP contribution is 2.18. The molecule has 1 aliphatic rings. The fourth-order valence-corrected chi connectivity index (χ4v) is 2.11. The second-order valence-corrected chi connectivity index (χ2v) is 4.31. The van der Waals surface area contributed by atoms with Crippen LogP contribution in [0.1, 0.15) is 18.4 Å². The van der Waals surface area contributed by atoms with Gasteiger partial charge in [0.1, 0.15) is 5.82 Å². The highest BCUT2D eigenvalue weighted by molar-refractivity contribution is 5.16. The molecule has 0 aliphatic carbocycles. The molecule has 1 aliphatic heterocycles. The average molecular weight is 218 g/mol. The van der Waals surface area contributed by atoms with E-state index in [1.54, 1.807) is 12.1 Å². The third-order valence-electron chi connectivity index (χ3n) is 3.07. The van der Waals surface area contributed by atoms with Crippen molar-refractivity contribution in [1.29, 1.82) is 5.26 Å². The Labute approximate surface area is 95.3 Å².